The zero-order valence-corrected chi connectivity index (χ0v) is 20.2. The molecule has 1 atom stereocenters. The van der Waals surface area contributed by atoms with Crippen LogP contribution in [0.5, 0.6) is 0 Å². The molecule has 2 heterocycles. The van der Waals surface area contributed by atoms with Crippen LogP contribution in [0.25, 0.3) is 0 Å². The Morgan fingerprint density at radius 3 is 2.47 bits per heavy atom. The monoisotopic (exact) mass is 468 g/mol. The van der Waals surface area contributed by atoms with Gasteiger partial charge >= 0.3 is 6.09 Å². The highest BCUT2D eigenvalue weighted by molar-refractivity contribution is 5.99. The molecule has 2 amide bonds. The SMILES string of the molecule is CC(C)(C)OC(=O)N1CC[C@@H]1C(=O)N(Cc1cnc(C2CCCCC2)cn1)c1cccc(F)c1. The van der Waals surface area contributed by atoms with E-state index in [1.807, 2.05) is 0 Å². The molecule has 1 aromatic heterocycles. The largest absolute Gasteiger partial charge is 0.444 e. The second-order valence-corrected chi connectivity index (χ2v) is 10.1. The van der Waals surface area contributed by atoms with E-state index in [2.05, 4.69) is 9.97 Å². The minimum absolute atomic E-state index is 0.138. The number of carbonyl (C=O) groups excluding carboxylic acids is 2. The van der Waals surface area contributed by atoms with Crippen LogP contribution in [0.2, 0.25) is 0 Å². The molecule has 182 valence electrons. The number of benzene rings is 1. The Balaban J connectivity index is 1.53. The third-order valence-electron chi connectivity index (χ3n) is 6.39. The van der Waals surface area contributed by atoms with Crippen LogP contribution in [-0.4, -0.2) is 45.1 Å². The quantitative estimate of drug-likeness (QED) is 0.602. The first kappa shape index (κ1) is 24.1. The number of likely N-dealkylation sites (tertiary alicyclic amines) is 1. The molecule has 2 aliphatic rings. The second-order valence-electron chi connectivity index (χ2n) is 10.1. The highest BCUT2D eigenvalue weighted by atomic mass is 19.1. The third kappa shape index (κ3) is 5.72. The van der Waals surface area contributed by atoms with Gasteiger partial charge < -0.3 is 9.64 Å². The summed E-state index contributed by atoms with van der Waals surface area (Å²) in [5.41, 5.74) is 1.36. The van der Waals surface area contributed by atoms with Crippen LogP contribution < -0.4 is 4.90 Å². The van der Waals surface area contributed by atoms with Crippen LogP contribution in [0.4, 0.5) is 14.9 Å². The molecule has 8 heteroatoms. The van der Waals surface area contributed by atoms with E-state index in [1.54, 1.807) is 45.3 Å². The van der Waals surface area contributed by atoms with Crippen LogP contribution in [-0.2, 0) is 16.1 Å². The first-order valence-electron chi connectivity index (χ1n) is 12.1. The summed E-state index contributed by atoms with van der Waals surface area (Å²) in [7, 11) is 0. The summed E-state index contributed by atoms with van der Waals surface area (Å²) in [6.07, 6.45) is 9.47. The number of halogens is 1. The highest BCUT2D eigenvalue weighted by Gasteiger charge is 2.42. The van der Waals surface area contributed by atoms with Gasteiger partial charge in [0.25, 0.3) is 0 Å². The molecular formula is C26H33FN4O3. The Morgan fingerprint density at radius 2 is 1.88 bits per heavy atom. The molecule has 2 fully saturated rings. The summed E-state index contributed by atoms with van der Waals surface area (Å²) in [6, 6.07) is 5.24. The van der Waals surface area contributed by atoms with Crippen LogP contribution >= 0.6 is 0 Å². The normalized spacial score (nSPS) is 18.8. The van der Waals surface area contributed by atoms with Crippen molar-refractivity contribution in [1.29, 1.82) is 0 Å². The molecule has 0 N–H and O–H groups in total. The molecule has 0 radical (unpaired) electrons. The third-order valence-corrected chi connectivity index (χ3v) is 6.39. The lowest BCUT2D eigenvalue weighted by Crippen LogP contribution is -2.59. The number of nitrogens with zero attached hydrogens (tertiary/aromatic N) is 4. The van der Waals surface area contributed by atoms with Crippen molar-refractivity contribution in [3.05, 3.63) is 53.9 Å². The summed E-state index contributed by atoms with van der Waals surface area (Å²) >= 11 is 0. The minimum Gasteiger partial charge on any atom is -0.444 e. The van der Waals surface area contributed by atoms with Crippen LogP contribution in [0.15, 0.2) is 36.7 Å². The Kier molecular flexibility index (Phi) is 7.14. The number of rotatable bonds is 5. The predicted octanol–water partition coefficient (Wildman–Crippen LogP) is 5.21. The maximum Gasteiger partial charge on any atom is 0.410 e. The van der Waals surface area contributed by atoms with E-state index in [0.29, 0.717) is 30.3 Å². The van der Waals surface area contributed by atoms with Gasteiger partial charge in [0, 0.05) is 24.3 Å². The number of ether oxygens (including phenoxy) is 1. The van der Waals surface area contributed by atoms with Gasteiger partial charge in [0.1, 0.15) is 17.5 Å². The van der Waals surface area contributed by atoms with Gasteiger partial charge in [-0.3, -0.25) is 19.7 Å². The molecule has 4 rings (SSSR count). The van der Waals surface area contributed by atoms with Gasteiger partial charge in [-0.05, 0) is 58.2 Å². The average molecular weight is 469 g/mol. The molecule has 1 aliphatic heterocycles. The van der Waals surface area contributed by atoms with Crippen molar-refractivity contribution in [3.63, 3.8) is 0 Å². The van der Waals surface area contributed by atoms with E-state index in [-0.39, 0.29) is 12.5 Å². The first-order chi connectivity index (χ1) is 16.2. The Morgan fingerprint density at radius 1 is 1.12 bits per heavy atom. The van der Waals surface area contributed by atoms with Crippen molar-refractivity contribution in [2.45, 2.75) is 83.4 Å². The molecule has 7 nitrogen and oxygen atoms in total. The standard InChI is InChI=1S/C26H33FN4O3/c1-26(2,3)34-25(33)30-13-12-23(30)24(32)31(21-11-7-10-19(27)14-21)17-20-15-29-22(16-28-20)18-8-5-4-6-9-18/h7,10-11,14-16,18,23H,4-6,8-9,12-13,17H2,1-3H3/t23-/m1/s1. The fraction of sp³-hybridized carbons (Fsp3) is 0.538. The summed E-state index contributed by atoms with van der Waals surface area (Å²) in [5.74, 6) is -0.291. The Bertz CT molecular complexity index is 1020. The van der Waals surface area contributed by atoms with Crippen molar-refractivity contribution in [1.82, 2.24) is 14.9 Å². The fourth-order valence-electron chi connectivity index (χ4n) is 4.52. The lowest BCUT2D eigenvalue weighted by molar-refractivity contribution is -0.128. The van der Waals surface area contributed by atoms with E-state index in [9.17, 15) is 14.0 Å². The molecule has 1 saturated heterocycles. The molecule has 1 aromatic carbocycles. The van der Waals surface area contributed by atoms with Gasteiger partial charge in [-0.25, -0.2) is 9.18 Å². The van der Waals surface area contributed by atoms with Crippen molar-refractivity contribution in [2.75, 3.05) is 11.4 Å². The first-order valence-corrected chi connectivity index (χ1v) is 12.1. The van der Waals surface area contributed by atoms with Gasteiger partial charge in [0.05, 0.1) is 24.1 Å². The van der Waals surface area contributed by atoms with Crippen molar-refractivity contribution in [3.8, 4) is 0 Å². The average Bonchev–Trinajstić information content (AvgIpc) is 2.76. The van der Waals surface area contributed by atoms with Gasteiger partial charge in [-0.1, -0.05) is 25.3 Å². The van der Waals surface area contributed by atoms with E-state index in [4.69, 9.17) is 4.74 Å². The molecular weight excluding hydrogens is 435 g/mol. The van der Waals surface area contributed by atoms with Crippen molar-refractivity contribution >= 4 is 17.7 Å². The number of hydrogen-bond donors (Lipinski definition) is 0. The lowest BCUT2D eigenvalue weighted by atomic mass is 9.87. The smallest absolute Gasteiger partial charge is 0.410 e. The summed E-state index contributed by atoms with van der Waals surface area (Å²) in [6.45, 7) is 5.94. The molecule has 0 bridgehead atoms. The zero-order valence-electron chi connectivity index (χ0n) is 20.2. The maximum absolute atomic E-state index is 14.0. The van der Waals surface area contributed by atoms with Gasteiger partial charge in [-0.15, -0.1) is 0 Å². The van der Waals surface area contributed by atoms with E-state index >= 15 is 0 Å². The predicted molar refractivity (Wildman–Crippen MR) is 127 cm³/mol. The van der Waals surface area contributed by atoms with Crippen LogP contribution in [0.1, 0.15) is 76.6 Å². The Labute approximate surface area is 200 Å². The lowest BCUT2D eigenvalue weighted by Gasteiger charge is -2.42. The number of amides is 2. The number of aromatic nitrogens is 2. The number of anilines is 1. The molecule has 2 aromatic rings. The van der Waals surface area contributed by atoms with Crippen molar-refractivity contribution in [2.24, 2.45) is 0 Å². The van der Waals surface area contributed by atoms with E-state index in [1.165, 1.54) is 41.2 Å². The van der Waals surface area contributed by atoms with Gasteiger partial charge in [-0.2, -0.15) is 0 Å². The summed E-state index contributed by atoms with van der Waals surface area (Å²) in [5, 5.41) is 0. The van der Waals surface area contributed by atoms with Crippen molar-refractivity contribution < 1.29 is 18.7 Å². The van der Waals surface area contributed by atoms with Gasteiger partial charge in [0.2, 0.25) is 5.91 Å². The molecule has 34 heavy (non-hydrogen) atoms. The zero-order chi connectivity index (χ0) is 24.3. The number of hydrogen-bond acceptors (Lipinski definition) is 5. The van der Waals surface area contributed by atoms with Gasteiger partial charge in [0.15, 0.2) is 0 Å². The summed E-state index contributed by atoms with van der Waals surface area (Å²) in [4.78, 5) is 38.2. The fourth-order valence-corrected chi connectivity index (χ4v) is 4.52. The highest BCUT2D eigenvalue weighted by Crippen LogP contribution is 2.31. The maximum atomic E-state index is 14.0. The number of carbonyl (C=O) groups is 2. The molecule has 1 saturated carbocycles. The second kappa shape index (κ2) is 10.1. The summed E-state index contributed by atoms with van der Waals surface area (Å²) < 4.78 is 19.5. The van der Waals surface area contributed by atoms with E-state index in [0.717, 1.165) is 18.5 Å². The molecule has 0 spiro atoms. The van der Waals surface area contributed by atoms with Crippen LogP contribution in [0.3, 0.4) is 0 Å². The molecule has 1 aliphatic carbocycles. The topological polar surface area (TPSA) is 75.6 Å². The minimum atomic E-state index is -0.660. The van der Waals surface area contributed by atoms with E-state index < -0.39 is 23.6 Å². The molecule has 0 unspecified atom stereocenters. The van der Waals surface area contributed by atoms with Crippen LogP contribution in [0, 0.1) is 5.82 Å². The Hall–Kier alpha value is -3.03.